The van der Waals surface area contributed by atoms with Gasteiger partial charge < -0.3 is 19.7 Å². The van der Waals surface area contributed by atoms with Crippen LogP contribution in [0, 0.1) is 0 Å². The van der Waals surface area contributed by atoms with Crippen molar-refractivity contribution in [2.24, 2.45) is 0 Å². The summed E-state index contributed by atoms with van der Waals surface area (Å²) in [6.07, 6.45) is 2.12. The van der Waals surface area contributed by atoms with Gasteiger partial charge in [-0.05, 0) is 32.9 Å². The van der Waals surface area contributed by atoms with Crippen LogP contribution in [-0.4, -0.2) is 50.0 Å². The molecule has 2 rings (SSSR count). The molecule has 0 bridgehead atoms. The molecule has 1 N–H and O–H groups in total. The topological polar surface area (TPSA) is 46.6 Å². The molecule has 2 atom stereocenters. The van der Waals surface area contributed by atoms with Crippen molar-refractivity contribution in [3.8, 4) is 0 Å². The van der Waals surface area contributed by atoms with Crippen LogP contribution in [0.25, 0.3) is 0 Å². The third kappa shape index (κ3) is 4.40. The number of nitrogens with one attached hydrogen (secondary N) is 1. The summed E-state index contributed by atoms with van der Waals surface area (Å²) in [6, 6.07) is 4.19. The van der Waals surface area contributed by atoms with Gasteiger partial charge in [-0.2, -0.15) is 0 Å². The standard InChI is InChI=1S/C16H27N3O2/c1-16(2,3)18-9-12-8-13(6-7-17-12)19-10-14(20-4)15(11-19)21-5/h6-8,14-15,18H,9-11H2,1-5H3. The number of anilines is 1. The average molecular weight is 293 g/mol. The molecule has 5 nitrogen and oxygen atoms in total. The van der Waals surface area contributed by atoms with Gasteiger partial charge in [0, 0.05) is 51.3 Å². The van der Waals surface area contributed by atoms with Crippen molar-refractivity contribution < 1.29 is 9.47 Å². The lowest BCUT2D eigenvalue weighted by Gasteiger charge is -2.22. The van der Waals surface area contributed by atoms with Gasteiger partial charge in [0.1, 0.15) is 12.2 Å². The minimum Gasteiger partial charge on any atom is -0.377 e. The molecule has 2 heterocycles. The highest BCUT2D eigenvalue weighted by Gasteiger charge is 2.33. The molecule has 0 aliphatic carbocycles. The molecule has 0 spiro atoms. The molecular formula is C16H27N3O2. The molecule has 118 valence electrons. The number of hydrogen-bond acceptors (Lipinski definition) is 5. The minimum absolute atomic E-state index is 0.0909. The van der Waals surface area contributed by atoms with E-state index in [0.717, 1.165) is 25.3 Å². The summed E-state index contributed by atoms with van der Waals surface area (Å²) in [5.41, 5.74) is 2.32. The molecule has 5 heteroatoms. The van der Waals surface area contributed by atoms with E-state index in [-0.39, 0.29) is 17.7 Å². The quantitative estimate of drug-likeness (QED) is 0.897. The Balaban J connectivity index is 2.04. The molecule has 0 aromatic carbocycles. The molecule has 0 radical (unpaired) electrons. The maximum atomic E-state index is 5.49. The maximum Gasteiger partial charge on any atom is 0.102 e. The Morgan fingerprint density at radius 3 is 2.38 bits per heavy atom. The largest absolute Gasteiger partial charge is 0.377 e. The van der Waals surface area contributed by atoms with E-state index in [1.807, 2.05) is 12.3 Å². The van der Waals surface area contributed by atoms with Crippen molar-refractivity contribution in [2.75, 3.05) is 32.2 Å². The predicted octanol–water partition coefficient (Wildman–Crippen LogP) is 1.82. The van der Waals surface area contributed by atoms with Crippen LogP contribution < -0.4 is 10.2 Å². The van der Waals surface area contributed by atoms with Crippen LogP contribution in [0.15, 0.2) is 18.3 Å². The number of rotatable bonds is 5. The van der Waals surface area contributed by atoms with Gasteiger partial charge in [-0.3, -0.25) is 4.98 Å². The second-order valence-electron chi connectivity index (χ2n) is 6.56. The summed E-state index contributed by atoms with van der Waals surface area (Å²) < 4.78 is 11.0. The first kappa shape index (κ1) is 16.2. The normalized spacial score (nSPS) is 22.8. The molecule has 1 aromatic rings. The number of aromatic nitrogens is 1. The number of hydrogen-bond donors (Lipinski definition) is 1. The summed E-state index contributed by atoms with van der Waals surface area (Å²) in [7, 11) is 3.48. The third-order valence-electron chi connectivity index (χ3n) is 3.79. The molecule has 0 amide bonds. The van der Waals surface area contributed by atoms with E-state index in [4.69, 9.17) is 9.47 Å². The van der Waals surface area contributed by atoms with Gasteiger partial charge in [-0.25, -0.2) is 0 Å². The van der Waals surface area contributed by atoms with Crippen molar-refractivity contribution in [2.45, 2.75) is 45.1 Å². The first-order valence-electron chi connectivity index (χ1n) is 7.43. The molecule has 21 heavy (non-hydrogen) atoms. The van der Waals surface area contributed by atoms with Gasteiger partial charge in [0.25, 0.3) is 0 Å². The zero-order chi connectivity index (χ0) is 15.5. The van der Waals surface area contributed by atoms with Crippen LogP contribution in [0.4, 0.5) is 5.69 Å². The zero-order valence-electron chi connectivity index (χ0n) is 13.7. The van der Waals surface area contributed by atoms with Crippen molar-refractivity contribution >= 4 is 5.69 Å². The highest BCUT2D eigenvalue weighted by molar-refractivity contribution is 5.48. The number of pyridine rings is 1. The lowest BCUT2D eigenvalue weighted by atomic mass is 10.1. The molecule has 2 unspecified atom stereocenters. The highest BCUT2D eigenvalue weighted by atomic mass is 16.5. The van der Waals surface area contributed by atoms with E-state index < -0.39 is 0 Å². The summed E-state index contributed by atoms with van der Waals surface area (Å²) in [5, 5.41) is 3.47. The van der Waals surface area contributed by atoms with E-state index in [9.17, 15) is 0 Å². The second-order valence-corrected chi connectivity index (χ2v) is 6.56. The van der Waals surface area contributed by atoms with Gasteiger partial charge in [0.15, 0.2) is 0 Å². The number of methoxy groups -OCH3 is 2. The monoisotopic (exact) mass is 293 g/mol. The molecule has 1 aliphatic heterocycles. The van der Waals surface area contributed by atoms with Crippen molar-refractivity contribution in [1.82, 2.24) is 10.3 Å². The summed E-state index contributed by atoms with van der Waals surface area (Å²) in [6.45, 7) is 8.94. The molecular weight excluding hydrogens is 266 g/mol. The molecule has 1 aliphatic rings. The van der Waals surface area contributed by atoms with Crippen molar-refractivity contribution in [3.05, 3.63) is 24.0 Å². The molecule has 1 saturated heterocycles. The Morgan fingerprint density at radius 1 is 1.24 bits per heavy atom. The summed E-state index contributed by atoms with van der Waals surface area (Å²) >= 11 is 0. The SMILES string of the molecule is COC1CN(c2ccnc(CNC(C)(C)C)c2)CC1OC. The van der Waals surface area contributed by atoms with E-state index >= 15 is 0 Å². The van der Waals surface area contributed by atoms with Crippen LogP contribution in [-0.2, 0) is 16.0 Å². The van der Waals surface area contributed by atoms with Crippen molar-refractivity contribution in [3.63, 3.8) is 0 Å². The van der Waals surface area contributed by atoms with E-state index in [1.165, 1.54) is 5.69 Å². The van der Waals surface area contributed by atoms with Gasteiger partial charge in [0.05, 0.1) is 5.69 Å². The lowest BCUT2D eigenvalue weighted by molar-refractivity contribution is -0.00461. The van der Waals surface area contributed by atoms with Crippen LogP contribution in [0.5, 0.6) is 0 Å². The maximum absolute atomic E-state index is 5.49. The van der Waals surface area contributed by atoms with Crippen LogP contribution in [0.2, 0.25) is 0 Å². The fourth-order valence-corrected chi connectivity index (χ4v) is 2.52. The number of nitrogens with zero attached hydrogens (tertiary/aromatic N) is 2. The van der Waals surface area contributed by atoms with E-state index in [1.54, 1.807) is 14.2 Å². The van der Waals surface area contributed by atoms with Gasteiger partial charge in [-0.1, -0.05) is 0 Å². The third-order valence-corrected chi connectivity index (χ3v) is 3.79. The van der Waals surface area contributed by atoms with Gasteiger partial charge in [0.2, 0.25) is 0 Å². The Kier molecular flexibility index (Phi) is 5.19. The molecule has 1 fully saturated rings. The molecule has 1 aromatic heterocycles. The first-order valence-corrected chi connectivity index (χ1v) is 7.43. The summed E-state index contributed by atoms with van der Waals surface area (Å²) in [4.78, 5) is 6.74. The smallest absolute Gasteiger partial charge is 0.102 e. The highest BCUT2D eigenvalue weighted by Crippen LogP contribution is 2.23. The zero-order valence-corrected chi connectivity index (χ0v) is 13.7. The fourth-order valence-electron chi connectivity index (χ4n) is 2.52. The lowest BCUT2D eigenvalue weighted by Crippen LogP contribution is -2.35. The van der Waals surface area contributed by atoms with Gasteiger partial charge >= 0.3 is 0 Å². The van der Waals surface area contributed by atoms with Crippen molar-refractivity contribution in [1.29, 1.82) is 0 Å². The average Bonchev–Trinajstić information content (AvgIpc) is 2.88. The van der Waals surface area contributed by atoms with Crippen LogP contribution >= 0.6 is 0 Å². The Labute approximate surface area is 127 Å². The van der Waals surface area contributed by atoms with E-state index in [0.29, 0.717) is 0 Å². The fraction of sp³-hybridized carbons (Fsp3) is 0.688. The van der Waals surface area contributed by atoms with Crippen LogP contribution in [0.1, 0.15) is 26.5 Å². The Bertz CT molecular complexity index is 447. The van der Waals surface area contributed by atoms with Gasteiger partial charge in [-0.15, -0.1) is 0 Å². The second kappa shape index (κ2) is 6.73. The van der Waals surface area contributed by atoms with E-state index in [2.05, 4.69) is 42.0 Å². The summed E-state index contributed by atoms with van der Waals surface area (Å²) in [5.74, 6) is 0. The Hall–Kier alpha value is -1.17. The molecule has 0 saturated carbocycles. The first-order chi connectivity index (χ1) is 9.93. The number of ether oxygens (including phenoxy) is 2. The predicted molar refractivity (Wildman–Crippen MR) is 84.6 cm³/mol. The Morgan fingerprint density at radius 2 is 1.86 bits per heavy atom. The minimum atomic E-state index is 0.0909. The van der Waals surface area contributed by atoms with Crippen LogP contribution in [0.3, 0.4) is 0 Å².